The Morgan fingerprint density at radius 3 is 2.46 bits per heavy atom. The summed E-state index contributed by atoms with van der Waals surface area (Å²) in [6, 6.07) is 0.116. The lowest BCUT2D eigenvalue weighted by atomic mass is 10.1. The molecular formula is C20H29FN4O3. The van der Waals surface area contributed by atoms with E-state index in [1.807, 2.05) is 20.8 Å². The van der Waals surface area contributed by atoms with Gasteiger partial charge in [0.2, 0.25) is 0 Å². The summed E-state index contributed by atoms with van der Waals surface area (Å²) in [6.45, 7) is 14.8. The molecule has 7 nitrogen and oxygen atoms in total. The van der Waals surface area contributed by atoms with Crippen LogP contribution in [0.3, 0.4) is 0 Å². The summed E-state index contributed by atoms with van der Waals surface area (Å²) in [4.78, 5) is 23.7. The molecule has 0 aliphatic carbocycles. The Kier molecular flexibility index (Phi) is 7.37. The highest BCUT2D eigenvalue weighted by Crippen LogP contribution is 2.22. The van der Waals surface area contributed by atoms with Crippen molar-refractivity contribution in [3.8, 4) is 6.01 Å². The molecular weight excluding hydrogens is 363 g/mol. The molecule has 0 unspecified atom stereocenters. The quantitative estimate of drug-likeness (QED) is 0.661. The van der Waals surface area contributed by atoms with Gasteiger partial charge in [-0.1, -0.05) is 12.2 Å². The van der Waals surface area contributed by atoms with Crippen molar-refractivity contribution < 1.29 is 18.7 Å². The molecule has 8 heteroatoms. The maximum Gasteiger partial charge on any atom is 0.410 e. The molecule has 2 heterocycles. The van der Waals surface area contributed by atoms with E-state index in [9.17, 15) is 9.18 Å². The predicted octanol–water partition coefficient (Wildman–Crippen LogP) is 3.57. The Balaban J connectivity index is 1.98. The summed E-state index contributed by atoms with van der Waals surface area (Å²) >= 11 is 0. The largest absolute Gasteiger partial charge is 0.460 e. The Bertz CT molecular complexity index is 687. The van der Waals surface area contributed by atoms with E-state index in [0.717, 1.165) is 6.20 Å². The van der Waals surface area contributed by atoms with E-state index in [1.165, 1.54) is 0 Å². The molecule has 1 aliphatic heterocycles. The summed E-state index contributed by atoms with van der Waals surface area (Å²) < 4.78 is 25.4. The monoisotopic (exact) mass is 392 g/mol. The zero-order chi connectivity index (χ0) is 20.7. The number of carbonyl (C=O) groups excluding carboxylic acids is 1. The highest BCUT2D eigenvalue weighted by Gasteiger charge is 2.28. The first-order chi connectivity index (χ1) is 13.2. The third kappa shape index (κ3) is 6.21. The van der Waals surface area contributed by atoms with E-state index in [0.29, 0.717) is 39.0 Å². The van der Waals surface area contributed by atoms with Crippen LogP contribution >= 0.6 is 0 Å². The molecule has 1 saturated heterocycles. The van der Waals surface area contributed by atoms with Crippen LogP contribution < -0.4 is 9.64 Å². The molecule has 0 N–H and O–H groups in total. The Morgan fingerprint density at radius 2 is 1.93 bits per heavy atom. The van der Waals surface area contributed by atoms with Crippen molar-refractivity contribution in [3.05, 3.63) is 37.3 Å². The molecule has 1 aliphatic rings. The van der Waals surface area contributed by atoms with Gasteiger partial charge in [0.25, 0.3) is 0 Å². The minimum atomic E-state index is -0.532. The third-order valence-corrected chi connectivity index (χ3v) is 4.07. The second kappa shape index (κ2) is 9.52. The lowest BCUT2D eigenvalue weighted by molar-refractivity contribution is 0.0119. The first-order valence-electron chi connectivity index (χ1n) is 9.37. The van der Waals surface area contributed by atoms with Gasteiger partial charge in [-0.2, -0.15) is 4.98 Å². The fourth-order valence-electron chi connectivity index (χ4n) is 2.81. The van der Waals surface area contributed by atoms with Crippen molar-refractivity contribution in [1.82, 2.24) is 14.9 Å². The Morgan fingerprint density at radius 1 is 1.32 bits per heavy atom. The highest BCUT2D eigenvalue weighted by molar-refractivity contribution is 5.68. The number of carbonyl (C=O) groups is 1. The minimum absolute atomic E-state index is 0.116. The van der Waals surface area contributed by atoms with E-state index in [1.54, 1.807) is 22.0 Å². The Labute approximate surface area is 165 Å². The number of amides is 1. The second-order valence-corrected chi connectivity index (χ2v) is 7.59. The lowest BCUT2D eigenvalue weighted by Crippen LogP contribution is -2.44. The normalized spacial score (nSPS) is 15.1. The molecule has 1 amide bonds. The van der Waals surface area contributed by atoms with Crippen molar-refractivity contribution in [3.63, 3.8) is 0 Å². The van der Waals surface area contributed by atoms with Gasteiger partial charge in [-0.25, -0.2) is 14.2 Å². The lowest BCUT2D eigenvalue weighted by Gasteiger charge is -2.33. The van der Waals surface area contributed by atoms with Gasteiger partial charge in [-0.05, 0) is 20.8 Å². The number of nitrogens with zero attached hydrogens (tertiary/aromatic N) is 4. The van der Waals surface area contributed by atoms with E-state index < -0.39 is 11.4 Å². The predicted molar refractivity (Wildman–Crippen MR) is 106 cm³/mol. The van der Waals surface area contributed by atoms with Crippen LogP contribution in [0.5, 0.6) is 6.01 Å². The summed E-state index contributed by atoms with van der Waals surface area (Å²) in [6.07, 6.45) is 5.21. The van der Waals surface area contributed by atoms with Gasteiger partial charge in [0.05, 0.1) is 6.20 Å². The van der Waals surface area contributed by atoms with Crippen molar-refractivity contribution in [2.45, 2.75) is 45.3 Å². The number of ether oxygens (including phenoxy) is 2. The van der Waals surface area contributed by atoms with Crippen molar-refractivity contribution in [2.75, 3.05) is 31.1 Å². The smallest absolute Gasteiger partial charge is 0.410 e. The molecule has 2 rings (SSSR count). The van der Waals surface area contributed by atoms with Gasteiger partial charge in [0, 0.05) is 39.0 Å². The van der Waals surface area contributed by atoms with Gasteiger partial charge in [-0.3, -0.25) is 0 Å². The number of rotatable bonds is 7. The van der Waals surface area contributed by atoms with Crippen LogP contribution in [0, 0.1) is 5.82 Å². The summed E-state index contributed by atoms with van der Waals surface area (Å²) in [7, 11) is 0. The zero-order valence-electron chi connectivity index (χ0n) is 16.9. The van der Waals surface area contributed by atoms with Crippen LogP contribution in [-0.4, -0.2) is 58.8 Å². The number of hydrogen-bond acceptors (Lipinski definition) is 6. The molecule has 1 fully saturated rings. The average molecular weight is 392 g/mol. The molecule has 0 atom stereocenters. The molecule has 0 spiro atoms. The number of aromatic nitrogens is 2. The minimum Gasteiger partial charge on any atom is -0.460 e. The maximum absolute atomic E-state index is 14.2. The summed E-state index contributed by atoms with van der Waals surface area (Å²) in [5.74, 6) is -0.383. The Hall–Kier alpha value is -2.64. The molecule has 0 bridgehead atoms. The number of hydrogen-bond donors (Lipinski definition) is 0. The first-order valence-corrected chi connectivity index (χ1v) is 9.37. The molecule has 1 aromatic rings. The van der Waals surface area contributed by atoms with E-state index in [-0.39, 0.29) is 24.0 Å². The molecule has 154 valence electrons. The summed E-state index contributed by atoms with van der Waals surface area (Å²) in [5.41, 5.74) is -0.522. The molecule has 1 aromatic heterocycles. The van der Waals surface area contributed by atoms with E-state index >= 15 is 0 Å². The topological polar surface area (TPSA) is 67.8 Å². The van der Waals surface area contributed by atoms with Crippen molar-refractivity contribution in [1.29, 1.82) is 0 Å². The average Bonchev–Trinajstić information content (AvgIpc) is 2.62. The van der Waals surface area contributed by atoms with Gasteiger partial charge in [0.15, 0.2) is 11.6 Å². The fraction of sp³-hybridized carbons (Fsp3) is 0.550. The molecule has 0 aromatic carbocycles. The third-order valence-electron chi connectivity index (χ3n) is 4.07. The second-order valence-electron chi connectivity index (χ2n) is 7.59. The van der Waals surface area contributed by atoms with Gasteiger partial charge >= 0.3 is 12.1 Å². The van der Waals surface area contributed by atoms with Crippen molar-refractivity contribution in [2.24, 2.45) is 0 Å². The molecule has 28 heavy (non-hydrogen) atoms. The SMILES string of the molecule is C=CCN(CC=C)c1nc(OC2CCN(C(=O)OC(C)(C)C)CC2)ncc1F. The molecule has 0 saturated carbocycles. The molecule has 0 radical (unpaired) electrons. The highest BCUT2D eigenvalue weighted by atomic mass is 19.1. The van der Waals surface area contributed by atoms with Gasteiger partial charge in [-0.15, -0.1) is 13.2 Å². The van der Waals surface area contributed by atoms with Crippen LogP contribution in [0.4, 0.5) is 15.0 Å². The number of piperidine rings is 1. The fourth-order valence-corrected chi connectivity index (χ4v) is 2.81. The van der Waals surface area contributed by atoms with Crippen molar-refractivity contribution >= 4 is 11.9 Å². The zero-order valence-corrected chi connectivity index (χ0v) is 16.9. The van der Waals surface area contributed by atoms with Crippen LogP contribution in [0.25, 0.3) is 0 Å². The number of halogens is 1. The van der Waals surface area contributed by atoms with Crippen LogP contribution in [0.15, 0.2) is 31.5 Å². The summed E-state index contributed by atoms with van der Waals surface area (Å²) in [5, 5.41) is 0. The first kappa shape index (κ1) is 21.7. The van der Waals surface area contributed by atoms with Gasteiger partial charge < -0.3 is 19.3 Å². The maximum atomic E-state index is 14.2. The van der Waals surface area contributed by atoms with Crippen LogP contribution in [0.2, 0.25) is 0 Å². The standard InChI is InChI=1S/C20H29FN4O3/c1-6-10-24(11-7-2)17-16(21)14-22-18(23-17)27-15-8-12-25(13-9-15)19(26)28-20(3,4)5/h6-7,14-15H,1-2,8-13H2,3-5H3. The van der Waals surface area contributed by atoms with Crippen LogP contribution in [0.1, 0.15) is 33.6 Å². The van der Waals surface area contributed by atoms with E-state index in [4.69, 9.17) is 9.47 Å². The van der Waals surface area contributed by atoms with Gasteiger partial charge in [0.1, 0.15) is 11.7 Å². The number of likely N-dealkylation sites (tertiary alicyclic amines) is 1. The number of anilines is 1. The van der Waals surface area contributed by atoms with Crippen LogP contribution in [-0.2, 0) is 4.74 Å². The van der Waals surface area contributed by atoms with E-state index in [2.05, 4.69) is 23.1 Å².